The summed E-state index contributed by atoms with van der Waals surface area (Å²) in [5.74, 6) is 0. The maximum atomic E-state index is 13.1. The Balaban J connectivity index is 1.77. The van der Waals surface area contributed by atoms with E-state index in [0.717, 1.165) is 11.3 Å². The Kier molecular flexibility index (Phi) is 5.37. The first-order valence-corrected chi connectivity index (χ1v) is 11.0. The highest BCUT2D eigenvalue weighted by atomic mass is 32.2. The minimum absolute atomic E-state index is 0.0102. The lowest BCUT2D eigenvalue weighted by Gasteiger charge is -2.40. The van der Waals surface area contributed by atoms with Gasteiger partial charge in [0.1, 0.15) is 0 Å². The van der Waals surface area contributed by atoms with Crippen LogP contribution in [0.5, 0.6) is 0 Å². The highest BCUT2D eigenvalue weighted by Crippen LogP contribution is 2.27. The number of anilines is 1. The molecule has 27 heavy (non-hydrogen) atoms. The summed E-state index contributed by atoms with van der Waals surface area (Å²) < 4.78 is 27.8. The first-order chi connectivity index (χ1) is 12.6. The van der Waals surface area contributed by atoms with Gasteiger partial charge in [-0.1, -0.05) is 45.0 Å². The molecule has 1 atom stereocenters. The molecule has 0 bridgehead atoms. The Hall–Kier alpha value is -1.85. The molecule has 0 amide bonds. The van der Waals surface area contributed by atoms with Crippen molar-refractivity contribution >= 4 is 15.7 Å². The van der Waals surface area contributed by atoms with E-state index in [1.54, 1.807) is 16.4 Å². The third kappa shape index (κ3) is 4.19. The highest BCUT2D eigenvalue weighted by Gasteiger charge is 2.32. The smallest absolute Gasteiger partial charge is 0.243 e. The summed E-state index contributed by atoms with van der Waals surface area (Å²) in [6, 6.07) is 15.9. The fourth-order valence-electron chi connectivity index (χ4n) is 3.61. The molecule has 2 aromatic rings. The molecule has 0 N–H and O–H groups in total. The molecule has 1 heterocycles. The normalized spacial score (nSPS) is 19.3. The number of nitrogens with zero attached hydrogens (tertiary/aromatic N) is 2. The molecule has 4 nitrogen and oxygen atoms in total. The van der Waals surface area contributed by atoms with E-state index in [1.807, 2.05) is 12.1 Å². The first-order valence-electron chi connectivity index (χ1n) is 9.53. The highest BCUT2D eigenvalue weighted by molar-refractivity contribution is 7.89. The lowest BCUT2D eigenvalue weighted by molar-refractivity contribution is 0.342. The average molecular weight is 387 g/mol. The predicted octanol–water partition coefficient (Wildman–Crippen LogP) is 4.19. The van der Waals surface area contributed by atoms with E-state index in [0.29, 0.717) is 24.5 Å². The van der Waals surface area contributed by atoms with Crippen molar-refractivity contribution in [3.8, 4) is 0 Å². The van der Waals surface area contributed by atoms with Crippen molar-refractivity contribution in [2.75, 3.05) is 24.5 Å². The molecule has 1 fully saturated rings. The van der Waals surface area contributed by atoms with Gasteiger partial charge >= 0.3 is 0 Å². The largest absolute Gasteiger partial charge is 0.366 e. The van der Waals surface area contributed by atoms with Crippen LogP contribution in [0.2, 0.25) is 0 Å². The van der Waals surface area contributed by atoms with Crippen molar-refractivity contribution in [2.45, 2.75) is 51.0 Å². The Morgan fingerprint density at radius 3 is 2.22 bits per heavy atom. The van der Waals surface area contributed by atoms with Gasteiger partial charge in [0.15, 0.2) is 0 Å². The summed E-state index contributed by atoms with van der Waals surface area (Å²) in [5, 5.41) is 0. The van der Waals surface area contributed by atoms with Crippen LogP contribution >= 0.6 is 0 Å². The Morgan fingerprint density at radius 2 is 1.67 bits per heavy atom. The molecule has 146 valence electrons. The van der Waals surface area contributed by atoms with Crippen molar-refractivity contribution in [1.29, 1.82) is 0 Å². The number of benzene rings is 2. The van der Waals surface area contributed by atoms with Gasteiger partial charge in [0.05, 0.1) is 4.90 Å². The molecule has 2 aromatic carbocycles. The number of hydrogen-bond acceptors (Lipinski definition) is 3. The number of aryl methyl sites for hydroxylation is 1. The SMILES string of the molecule is Cc1cccc(N2CCN(S(=O)(=O)c3ccc(C(C)(C)C)cc3)CC2C)c1. The third-order valence-electron chi connectivity index (χ3n) is 5.28. The minimum atomic E-state index is -3.46. The van der Waals surface area contributed by atoms with Crippen LogP contribution in [0.4, 0.5) is 5.69 Å². The van der Waals surface area contributed by atoms with Crippen molar-refractivity contribution in [3.63, 3.8) is 0 Å². The van der Waals surface area contributed by atoms with Crippen LogP contribution in [0.3, 0.4) is 0 Å². The lowest BCUT2D eigenvalue weighted by atomic mass is 9.87. The van der Waals surface area contributed by atoms with Gasteiger partial charge in [-0.15, -0.1) is 0 Å². The van der Waals surface area contributed by atoms with E-state index in [9.17, 15) is 8.42 Å². The van der Waals surface area contributed by atoms with Crippen molar-refractivity contribution < 1.29 is 8.42 Å². The van der Waals surface area contributed by atoms with Gasteiger partial charge < -0.3 is 4.90 Å². The number of piperazine rings is 1. The second-order valence-electron chi connectivity index (χ2n) is 8.52. The maximum Gasteiger partial charge on any atom is 0.243 e. The summed E-state index contributed by atoms with van der Waals surface area (Å²) in [7, 11) is -3.46. The fourth-order valence-corrected chi connectivity index (χ4v) is 5.12. The molecule has 0 saturated carbocycles. The fraction of sp³-hybridized carbons (Fsp3) is 0.455. The van der Waals surface area contributed by atoms with Gasteiger partial charge in [0.2, 0.25) is 10.0 Å². The molecular formula is C22H30N2O2S. The van der Waals surface area contributed by atoms with Crippen molar-refractivity contribution in [1.82, 2.24) is 4.31 Å². The zero-order valence-electron chi connectivity index (χ0n) is 16.9. The van der Waals surface area contributed by atoms with Crippen LogP contribution < -0.4 is 4.90 Å². The Morgan fingerprint density at radius 1 is 1.00 bits per heavy atom. The Bertz CT molecular complexity index is 899. The molecular weight excluding hydrogens is 356 g/mol. The van der Waals surface area contributed by atoms with Gasteiger partial charge in [-0.05, 0) is 54.7 Å². The maximum absolute atomic E-state index is 13.1. The topological polar surface area (TPSA) is 40.6 Å². The number of rotatable bonds is 3. The minimum Gasteiger partial charge on any atom is -0.366 e. The van der Waals surface area contributed by atoms with Gasteiger partial charge in [-0.25, -0.2) is 8.42 Å². The van der Waals surface area contributed by atoms with E-state index >= 15 is 0 Å². The first kappa shape index (κ1) is 19.9. The second kappa shape index (κ2) is 7.28. The molecule has 0 aromatic heterocycles. The van der Waals surface area contributed by atoms with Gasteiger partial charge in [-0.3, -0.25) is 0 Å². The molecule has 1 saturated heterocycles. The molecule has 0 radical (unpaired) electrons. The van der Waals surface area contributed by atoms with Crippen LogP contribution in [0.25, 0.3) is 0 Å². The van der Waals surface area contributed by atoms with Crippen LogP contribution in [-0.4, -0.2) is 38.4 Å². The molecule has 0 spiro atoms. The second-order valence-corrected chi connectivity index (χ2v) is 10.5. The molecule has 3 rings (SSSR count). The van der Waals surface area contributed by atoms with Gasteiger partial charge in [-0.2, -0.15) is 4.31 Å². The molecule has 5 heteroatoms. The van der Waals surface area contributed by atoms with E-state index in [-0.39, 0.29) is 11.5 Å². The van der Waals surface area contributed by atoms with Crippen LogP contribution in [0.15, 0.2) is 53.4 Å². The average Bonchev–Trinajstić information content (AvgIpc) is 2.61. The standard InChI is InChI=1S/C22H30N2O2S/c1-17-7-6-8-20(15-17)24-14-13-23(16-18(24)2)27(25,26)21-11-9-19(10-12-21)22(3,4)5/h6-12,15,18H,13-14,16H2,1-5H3. The van der Waals surface area contributed by atoms with Crippen molar-refractivity contribution in [3.05, 3.63) is 59.7 Å². The number of sulfonamides is 1. The van der Waals surface area contributed by atoms with Crippen LogP contribution in [0.1, 0.15) is 38.8 Å². The van der Waals surface area contributed by atoms with Crippen LogP contribution in [-0.2, 0) is 15.4 Å². The molecule has 1 aliphatic heterocycles. The summed E-state index contributed by atoms with van der Waals surface area (Å²) in [5.41, 5.74) is 3.53. The van der Waals surface area contributed by atoms with Crippen LogP contribution in [0, 0.1) is 6.92 Å². The number of hydrogen-bond donors (Lipinski definition) is 0. The molecule has 0 aliphatic carbocycles. The quantitative estimate of drug-likeness (QED) is 0.794. The summed E-state index contributed by atoms with van der Waals surface area (Å²) in [4.78, 5) is 2.67. The van der Waals surface area contributed by atoms with E-state index < -0.39 is 10.0 Å². The zero-order chi connectivity index (χ0) is 19.8. The van der Waals surface area contributed by atoms with Gasteiger partial charge in [0.25, 0.3) is 0 Å². The zero-order valence-corrected chi connectivity index (χ0v) is 17.8. The van der Waals surface area contributed by atoms with E-state index in [2.05, 4.69) is 63.8 Å². The molecule has 1 aliphatic rings. The Labute approximate surface area is 163 Å². The predicted molar refractivity (Wildman–Crippen MR) is 112 cm³/mol. The van der Waals surface area contributed by atoms with Gasteiger partial charge in [0, 0.05) is 31.4 Å². The van der Waals surface area contributed by atoms with Crippen molar-refractivity contribution in [2.24, 2.45) is 0 Å². The molecule has 1 unspecified atom stereocenters. The third-order valence-corrected chi connectivity index (χ3v) is 7.16. The summed E-state index contributed by atoms with van der Waals surface area (Å²) in [6.07, 6.45) is 0. The lowest BCUT2D eigenvalue weighted by Crippen LogP contribution is -2.53. The van der Waals surface area contributed by atoms with E-state index in [4.69, 9.17) is 0 Å². The monoisotopic (exact) mass is 386 g/mol. The summed E-state index contributed by atoms with van der Waals surface area (Å²) >= 11 is 0. The summed E-state index contributed by atoms with van der Waals surface area (Å²) in [6.45, 7) is 12.2. The van der Waals surface area contributed by atoms with E-state index in [1.165, 1.54) is 5.56 Å².